The van der Waals surface area contributed by atoms with Crippen LogP contribution in [-0.2, 0) is 4.74 Å². The Morgan fingerprint density at radius 3 is 3.00 bits per heavy atom. The van der Waals surface area contributed by atoms with Gasteiger partial charge in [-0.3, -0.25) is 4.79 Å². The lowest BCUT2D eigenvalue weighted by molar-refractivity contribution is 0.0944. The van der Waals surface area contributed by atoms with Crippen LogP contribution in [-0.4, -0.2) is 44.4 Å². The summed E-state index contributed by atoms with van der Waals surface area (Å²) in [5, 5.41) is 11.6. The number of ether oxygens (including phenoxy) is 1. The van der Waals surface area contributed by atoms with E-state index in [1.165, 1.54) is 0 Å². The van der Waals surface area contributed by atoms with Crippen molar-refractivity contribution in [3.63, 3.8) is 0 Å². The van der Waals surface area contributed by atoms with Crippen molar-refractivity contribution in [3.8, 4) is 10.6 Å². The van der Waals surface area contributed by atoms with Crippen LogP contribution in [0.5, 0.6) is 0 Å². The molecule has 0 aliphatic heterocycles. The molecule has 0 saturated heterocycles. The van der Waals surface area contributed by atoms with E-state index in [1.54, 1.807) is 24.5 Å². The highest BCUT2D eigenvalue weighted by Gasteiger charge is 2.13. The Balaban J connectivity index is 0.00000220. The quantitative estimate of drug-likeness (QED) is 0.721. The molecule has 0 aromatic carbocycles. The average Bonchev–Trinajstić information content (AvgIpc) is 3.12. The fraction of sp³-hybridized carbons (Fsp3) is 0.385. The van der Waals surface area contributed by atoms with Gasteiger partial charge < -0.3 is 19.9 Å². The summed E-state index contributed by atoms with van der Waals surface area (Å²) >= 11 is 1.54. The maximum Gasteiger partial charge on any atom is 0.273 e. The van der Waals surface area contributed by atoms with E-state index in [0.29, 0.717) is 31.2 Å². The standard InChI is InChI=1S/C13H17N3O3S.ClH/c1-18-7-6-14-4-5-15-13(17)10-9-11(19-16-10)12-3-2-8-20-12;/h2-3,8-9,14H,4-7H2,1H3,(H,15,17);1H. The van der Waals surface area contributed by atoms with Crippen LogP contribution in [0.2, 0.25) is 0 Å². The number of nitrogens with zero attached hydrogens (tertiary/aromatic N) is 1. The monoisotopic (exact) mass is 331 g/mol. The van der Waals surface area contributed by atoms with E-state index in [1.807, 2.05) is 17.5 Å². The molecule has 6 nitrogen and oxygen atoms in total. The topological polar surface area (TPSA) is 76.4 Å². The number of halogens is 1. The molecule has 0 spiro atoms. The minimum absolute atomic E-state index is 0. The van der Waals surface area contributed by atoms with Crippen LogP contribution >= 0.6 is 23.7 Å². The molecular formula is C13H18ClN3O3S. The lowest BCUT2D eigenvalue weighted by Gasteiger charge is -2.04. The van der Waals surface area contributed by atoms with Crippen LogP contribution in [0, 0.1) is 0 Å². The number of amides is 1. The molecule has 1 amide bonds. The summed E-state index contributed by atoms with van der Waals surface area (Å²) in [5.74, 6) is 0.383. The molecule has 2 N–H and O–H groups in total. The molecule has 2 aromatic rings. The first-order chi connectivity index (χ1) is 9.81. The minimum Gasteiger partial charge on any atom is -0.383 e. The summed E-state index contributed by atoms with van der Waals surface area (Å²) in [6.45, 7) is 2.63. The Hall–Kier alpha value is -1.41. The first-order valence-electron chi connectivity index (χ1n) is 6.29. The maximum absolute atomic E-state index is 11.8. The Morgan fingerprint density at radius 1 is 1.43 bits per heavy atom. The predicted molar refractivity (Wildman–Crippen MR) is 84.1 cm³/mol. The van der Waals surface area contributed by atoms with Crippen molar-refractivity contribution in [1.82, 2.24) is 15.8 Å². The zero-order valence-electron chi connectivity index (χ0n) is 11.6. The van der Waals surface area contributed by atoms with Crippen LogP contribution in [0.4, 0.5) is 0 Å². The summed E-state index contributed by atoms with van der Waals surface area (Å²) < 4.78 is 10.1. The van der Waals surface area contributed by atoms with Crippen LogP contribution in [0.3, 0.4) is 0 Å². The summed E-state index contributed by atoms with van der Waals surface area (Å²) in [7, 11) is 1.65. The Kier molecular flexibility index (Phi) is 7.99. The number of hydrogen-bond acceptors (Lipinski definition) is 6. The number of aromatic nitrogens is 1. The van der Waals surface area contributed by atoms with E-state index in [-0.39, 0.29) is 18.3 Å². The van der Waals surface area contributed by atoms with Gasteiger partial charge >= 0.3 is 0 Å². The summed E-state index contributed by atoms with van der Waals surface area (Å²) in [6.07, 6.45) is 0. The van der Waals surface area contributed by atoms with Gasteiger partial charge in [0, 0.05) is 32.8 Å². The average molecular weight is 332 g/mol. The van der Waals surface area contributed by atoms with Gasteiger partial charge in [-0.25, -0.2) is 0 Å². The third-order valence-electron chi connectivity index (χ3n) is 2.58. The molecule has 0 unspecified atom stereocenters. The van der Waals surface area contributed by atoms with E-state index in [4.69, 9.17) is 9.26 Å². The highest BCUT2D eigenvalue weighted by atomic mass is 35.5. The first kappa shape index (κ1) is 17.6. The molecule has 0 aliphatic rings. The molecule has 116 valence electrons. The van der Waals surface area contributed by atoms with Crippen molar-refractivity contribution in [2.75, 3.05) is 33.4 Å². The largest absolute Gasteiger partial charge is 0.383 e. The third-order valence-corrected chi connectivity index (χ3v) is 3.46. The van der Waals surface area contributed by atoms with Gasteiger partial charge in [0.1, 0.15) is 0 Å². The second kappa shape index (κ2) is 9.51. The number of thiophene rings is 1. The van der Waals surface area contributed by atoms with E-state index in [0.717, 1.165) is 11.4 Å². The Bertz CT molecular complexity index is 531. The van der Waals surface area contributed by atoms with Gasteiger partial charge in [0.2, 0.25) is 0 Å². The van der Waals surface area contributed by atoms with Crippen LogP contribution < -0.4 is 10.6 Å². The van der Waals surface area contributed by atoms with Gasteiger partial charge in [-0.05, 0) is 11.4 Å². The van der Waals surface area contributed by atoms with Crippen molar-refractivity contribution in [2.45, 2.75) is 0 Å². The third kappa shape index (κ3) is 5.47. The zero-order valence-corrected chi connectivity index (χ0v) is 13.3. The lowest BCUT2D eigenvalue weighted by atomic mass is 10.3. The molecule has 0 radical (unpaired) electrons. The van der Waals surface area contributed by atoms with Crippen molar-refractivity contribution in [3.05, 3.63) is 29.3 Å². The van der Waals surface area contributed by atoms with Gasteiger partial charge in [0.05, 0.1) is 11.5 Å². The van der Waals surface area contributed by atoms with Crippen molar-refractivity contribution in [1.29, 1.82) is 0 Å². The molecule has 21 heavy (non-hydrogen) atoms. The van der Waals surface area contributed by atoms with Gasteiger partial charge in [0.25, 0.3) is 5.91 Å². The van der Waals surface area contributed by atoms with E-state index in [2.05, 4.69) is 15.8 Å². The van der Waals surface area contributed by atoms with Gasteiger partial charge in [-0.1, -0.05) is 11.2 Å². The van der Waals surface area contributed by atoms with Gasteiger partial charge in [0.15, 0.2) is 11.5 Å². The number of carbonyl (C=O) groups excluding carboxylic acids is 1. The number of nitrogens with one attached hydrogen (secondary N) is 2. The number of carbonyl (C=O) groups is 1. The smallest absolute Gasteiger partial charge is 0.273 e. The summed E-state index contributed by atoms with van der Waals surface area (Å²) in [6, 6.07) is 5.50. The minimum atomic E-state index is -0.231. The number of rotatable bonds is 8. The van der Waals surface area contributed by atoms with Gasteiger partial charge in [-0.15, -0.1) is 23.7 Å². The van der Waals surface area contributed by atoms with E-state index < -0.39 is 0 Å². The molecule has 2 aromatic heterocycles. The molecular weight excluding hydrogens is 314 g/mol. The Labute approximate surface area is 133 Å². The molecule has 2 heterocycles. The normalized spacial score (nSPS) is 10.1. The molecule has 0 atom stereocenters. The summed E-state index contributed by atoms with van der Waals surface area (Å²) in [5.41, 5.74) is 0.297. The van der Waals surface area contributed by atoms with E-state index >= 15 is 0 Å². The Morgan fingerprint density at radius 2 is 2.29 bits per heavy atom. The molecule has 0 bridgehead atoms. The maximum atomic E-state index is 11.8. The second-order valence-corrected chi connectivity index (χ2v) is 5.00. The molecule has 0 aliphatic carbocycles. The van der Waals surface area contributed by atoms with Crippen LogP contribution in [0.25, 0.3) is 10.6 Å². The number of hydrogen-bond donors (Lipinski definition) is 2. The fourth-order valence-electron chi connectivity index (χ4n) is 1.57. The van der Waals surface area contributed by atoms with Crippen LogP contribution in [0.15, 0.2) is 28.1 Å². The zero-order chi connectivity index (χ0) is 14.2. The van der Waals surface area contributed by atoms with Crippen molar-refractivity contribution in [2.24, 2.45) is 0 Å². The molecule has 0 fully saturated rings. The second-order valence-electron chi connectivity index (χ2n) is 4.05. The van der Waals surface area contributed by atoms with Gasteiger partial charge in [-0.2, -0.15) is 0 Å². The molecule has 8 heteroatoms. The van der Waals surface area contributed by atoms with Crippen molar-refractivity contribution >= 4 is 29.7 Å². The predicted octanol–water partition coefficient (Wildman–Crippen LogP) is 1.79. The highest BCUT2D eigenvalue weighted by Crippen LogP contribution is 2.24. The number of methoxy groups -OCH3 is 1. The summed E-state index contributed by atoms with van der Waals surface area (Å²) in [4.78, 5) is 12.8. The first-order valence-corrected chi connectivity index (χ1v) is 7.17. The van der Waals surface area contributed by atoms with Crippen LogP contribution in [0.1, 0.15) is 10.5 Å². The lowest BCUT2D eigenvalue weighted by Crippen LogP contribution is -2.33. The molecule has 0 saturated carbocycles. The fourth-order valence-corrected chi connectivity index (χ4v) is 2.24. The SMILES string of the molecule is COCCNCCNC(=O)c1cc(-c2cccs2)on1.Cl. The van der Waals surface area contributed by atoms with Crippen molar-refractivity contribution < 1.29 is 14.1 Å². The van der Waals surface area contributed by atoms with E-state index in [9.17, 15) is 4.79 Å². The highest BCUT2D eigenvalue weighted by molar-refractivity contribution is 7.13. The molecule has 2 rings (SSSR count).